The van der Waals surface area contributed by atoms with Gasteiger partial charge in [-0.05, 0) is 112 Å². The topological polar surface area (TPSA) is 91.9 Å². The van der Waals surface area contributed by atoms with Crippen LogP contribution in [0, 0.1) is 0 Å². The summed E-state index contributed by atoms with van der Waals surface area (Å²) in [5, 5.41) is 23.0. The van der Waals surface area contributed by atoms with Gasteiger partial charge in [0.25, 0.3) is 0 Å². The van der Waals surface area contributed by atoms with E-state index in [-0.39, 0.29) is 13.3 Å². The molecule has 6 aromatic heterocycles. The lowest BCUT2D eigenvalue weighted by molar-refractivity contribution is 0.453. The Kier molecular flexibility index (Phi) is 15.5. The molecule has 0 bridgehead atoms. The largest absolute Gasteiger partial charge is 0.569 e. The standard InChI is InChI=1S/C48H31NO2.C30H19BrO2.C18H13BNO2.H2/c1-4-25-43-37(16-1)38-17-2-5-26-44(38)49(43)33-15-8-14-32(29-33)36-21-11-24-42-41-23-10-20-35(47(41)51-48(36)42)31-13-7-12-30(28-31)34-19-9-22-40-39-18-3-6-27-45(39)50-46(34)40;31-26-15-6-14-25-24-13-5-11-21(29(24)33-30(25)26)19-8-3-7-18(17-19)20-10-4-12-23-22-9-1-2-16-27(22)32-28(20)23;21-19-22-14-7-5-6-13(12-14)20-17-10-3-1-8-15(17)16-9-2-4-11-18(16)20;/h1-11,13-30H,12H2;1-6,8-18H,7H2;1-12,21H;1H. The van der Waals surface area contributed by atoms with Gasteiger partial charge in [-0.25, -0.2) is 0 Å². The van der Waals surface area contributed by atoms with Gasteiger partial charge in [-0.3, -0.25) is 0 Å². The van der Waals surface area contributed by atoms with Crippen molar-refractivity contribution >= 4 is 166 Å². The highest BCUT2D eigenvalue weighted by Gasteiger charge is 2.25. The summed E-state index contributed by atoms with van der Waals surface area (Å²) in [6.45, 7) is 0. The van der Waals surface area contributed by atoms with E-state index in [0.717, 1.165) is 134 Å². The number of aromatic nitrogens is 2. The molecule has 0 saturated heterocycles. The molecule has 2 aliphatic rings. The Morgan fingerprint density at radius 2 is 0.708 bits per heavy atom. The predicted octanol–water partition coefficient (Wildman–Crippen LogP) is 26.7. The first kappa shape index (κ1) is 62.9. The summed E-state index contributed by atoms with van der Waals surface area (Å²) in [6.07, 6.45) is 15.6. The van der Waals surface area contributed by atoms with Crippen LogP contribution in [0.3, 0.4) is 0 Å². The minimum atomic E-state index is 0. The van der Waals surface area contributed by atoms with Crippen LogP contribution in [0.25, 0.3) is 165 Å². The zero-order chi connectivity index (χ0) is 70.3. The first-order chi connectivity index (χ1) is 52.5. The third kappa shape index (κ3) is 10.6. The Bertz CT molecular complexity index is 6950. The molecule has 1 N–H and O–H groups in total. The summed E-state index contributed by atoms with van der Waals surface area (Å²) in [5.74, 6) is 1.02. The molecule has 0 amide bonds. The van der Waals surface area contributed by atoms with E-state index in [9.17, 15) is 0 Å². The lowest BCUT2D eigenvalue weighted by Crippen LogP contribution is -2.01. The van der Waals surface area contributed by atoms with E-state index in [4.69, 9.17) is 27.3 Å². The number of hydrogen-bond donors (Lipinski definition) is 1. The van der Waals surface area contributed by atoms with Crippen molar-refractivity contribution < 1.29 is 28.8 Å². The number of rotatable bonds is 9. The molecular weight excluding hydrogens is 1370 g/mol. The molecule has 2 aliphatic carbocycles. The van der Waals surface area contributed by atoms with Crippen molar-refractivity contribution in [2.75, 3.05) is 0 Å². The molecule has 22 rings (SSSR count). The van der Waals surface area contributed by atoms with Crippen LogP contribution in [0.15, 0.2) is 362 Å². The summed E-state index contributed by atoms with van der Waals surface area (Å²) in [6, 6.07) is 106. The van der Waals surface area contributed by atoms with Crippen LogP contribution in [0.4, 0.5) is 0 Å². The van der Waals surface area contributed by atoms with Crippen molar-refractivity contribution in [2.24, 2.45) is 0 Å². The van der Waals surface area contributed by atoms with E-state index in [0.29, 0.717) is 13.4 Å². The van der Waals surface area contributed by atoms with Crippen LogP contribution in [0.5, 0.6) is 5.75 Å². The molecule has 0 spiro atoms. The zero-order valence-corrected chi connectivity index (χ0v) is 58.8. The Labute approximate surface area is 619 Å². The lowest BCUT2D eigenvalue weighted by atomic mass is 9.86. The van der Waals surface area contributed by atoms with E-state index in [1.165, 1.54) is 71.0 Å². The summed E-state index contributed by atoms with van der Waals surface area (Å²) in [7, 11) is 0.699. The molecule has 10 heteroatoms. The Morgan fingerprint density at radius 1 is 0.340 bits per heavy atom. The van der Waals surface area contributed by atoms with Gasteiger partial charge >= 0.3 is 7.69 Å². The number of furan rings is 4. The van der Waals surface area contributed by atoms with Crippen molar-refractivity contribution in [3.8, 4) is 28.3 Å². The van der Waals surface area contributed by atoms with E-state index in [1.54, 1.807) is 0 Å². The molecule has 1 radical (unpaired) electrons. The van der Waals surface area contributed by atoms with Crippen LogP contribution in [0.1, 0.15) is 48.4 Å². The number of halogens is 1. The normalized spacial score (nSPS) is 14.5. The quantitative estimate of drug-likeness (QED) is 0.145. The van der Waals surface area contributed by atoms with Crippen LogP contribution in [0.2, 0.25) is 0 Å². The zero-order valence-electron chi connectivity index (χ0n) is 57.2. The molecule has 0 fully saturated rings. The fourth-order valence-electron chi connectivity index (χ4n) is 16.5. The molecule has 2 atom stereocenters. The molecule has 0 saturated carbocycles. The smallest absolute Gasteiger partial charge is 0.537 e. The molecule has 505 valence electrons. The highest BCUT2D eigenvalue weighted by atomic mass is 79.9. The highest BCUT2D eigenvalue weighted by molar-refractivity contribution is 9.10. The van der Waals surface area contributed by atoms with Gasteiger partial charge < -0.3 is 36.5 Å². The maximum Gasteiger partial charge on any atom is 0.569 e. The molecule has 2 unspecified atom stereocenters. The third-order valence-corrected chi connectivity index (χ3v) is 21.9. The van der Waals surface area contributed by atoms with Gasteiger partial charge in [0.05, 0.1) is 26.5 Å². The maximum absolute atomic E-state index is 8.83. The highest BCUT2D eigenvalue weighted by Crippen LogP contribution is 2.46. The van der Waals surface area contributed by atoms with Crippen LogP contribution < -0.4 is 4.65 Å². The van der Waals surface area contributed by atoms with E-state index in [2.05, 4.69) is 304 Å². The van der Waals surface area contributed by atoms with Gasteiger partial charge in [0.15, 0.2) is 0 Å². The Balaban J connectivity index is 0.000000119. The number of para-hydroxylation sites is 12. The van der Waals surface area contributed by atoms with Crippen molar-refractivity contribution in [2.45, 2.75) is 24.7 Å². The van der Waals surface area contributed by atoms with Gasteiger partial charge in [-0.1, -0.05) is 267 Å². The van der Waals surface area contributed by atoms with Gasteiger partial charge in [-0.15, -0.1) is 0 Å². The number of allylic oxidation sites excluding steroid dienone is 8. The van der Waals surface area contributed by atoms with Crippen LogP contribution in [-0.2, 0) is 0 Å². The second-order valence-electron chi connectivity index (χ2n) is 27.3. The number of nitrogens with zero attached hydrogens (tertiary/aromatic N) is 2. The monoisotopic (exact) mass is 1430 g/mol. The Hall–Kier alpha value is -12.9. The summed E-state index contributed by atoms with van der Waals surface area (Å²) in [4.78, 5) is 0. The fraction of sp³-hybridized carbons (Fsp3) is 0.0417. The summed E-state index contributed by atoms with van der Waals surface area (Å²) >= 11 is 3.64. The predicted molar refractivity (Wildman–Crippen MR) is 443 cm³/mol. The third-order valence-electron chi connectivity index (χ3n) is 21.3. The van der Waals surface area contributed by atoms with Gasteiger partial charge in [0, 0.05) is 123 Å². The molecule has 6 heterocycles. The number of fused-ring (bicyclic) bond motifs is 18. The first-order valence-electron chi connectivity index (χ1n) is 35.9. The van der Waals surface area contributed by atoms with Crippen molar-refractivity contribution in [1.29, 1.82) is 0 Å². The Morgan fingerprint density at radius 3 is 1.20 bits per heavy atom. The molecule has 20 aromatic rings. The van der Waals surface area contributed by atoms with Crippen molar-refractivity contribution in [3.05, 3.63) is 367 Å². The molecule has 0 aliphatic heterocycles. The van der Waals surface area contributed by atoms with Crippen molar-refractivity contribution in [1.82, 2.24) is 9.13 Å². The molecular formula is C96H65BBrN2O6. The second-order valence-corrected chi connectivity index (χ2v) is 28.1. The first-order valence-corrected chi connectivity index (χ1v) is 36.7. The molecule has 106 heavy (non-hydrogen) atoms. The number of benzene rings is 14. The second kappa shape index (κ2) is 26.1. The van der Waals surface area contributed by atoms with Crippen molar-refractivity contribution in [3.63, 3.8) is 0 Å². The fourth-order valence-corrected chi connectivity index (χ4v) is 17.0. The molecule has 14 aromatic carbocycles. The van der Waals surface area contributed by atoms with Gasteiger partial charge in [0.2, 0.25) is 0 Å². The van der Waals surface area contributed by atoms with Gasteiger partial charge in [0.1, 0.15) is 50.4 Å². The van der Waals surface area contributed by atoms with Crippen LogP contribution in [-0.4, -0.2) is 21.8 Å². The van der Waals surface area contributed by atoms with Crippen LogP contribution >= 0.6 is 15.9 Å². The maximum atomic E-state index is 8.83. The van der Waals surface area contributed by atoms with Gasteiger partial charge in [-0.2, -0.15) is 0 Å². The number of hydrogen-bond acceptors (Lipinski definition) is 6. The minimum absolute atomic E-state index is 0. The summed E-state index contributed by atoms with van der Waals surface area (Å²) < 4.78 is 36.7. The molecule has 8 nitrogen and oxygen atoms in total. The average Bonchev–Trinajstić information content (AvgIpc) is 1.62. The van der Waals surface area contributed by atoms with E-state index < -0.39 is 0 Å². The van der Waals surface area contributed by atoms with E-state index in [1.807, 2.05) is 60.7 Å². The SMILES string of the molecule is Brc1cccc2c1oc1c(C3=CC(c4cccc5c4oc4ccccc45)CC=C3)cccc12.C1=CC(c2cccc3c2oc2c(-c4cccc(-n5c6ccccc6c6ccccc65)c4)cccc23)=CC(c2cccc3c2oc2ccccc23)C1.O[B]Oc1cccc(-n2c3ccccc3c3ccccc32)c1.[HH]. The lowest BCUT2D eigenvalue weighted by Gasteiger charge is -2.18. The minimum Gasteiger partial charge on any atom is -0.537 e. The summed E-state index contributed by atoms with van der Waals surface area (Å²) in [5.41, 5.74) is 23.5. The van der Waals surface area contributed by atoms with E-state index >= 15 is 0 Å². The average molecular weight is 1430 g/mol.